The predicted octanol–water partition coefficient (Wildman–Crippen LogP) is 9.00. The van der Waals surface area contributed by atoms with Crippen LogP contribution >= 0.6 is 31.9 Å². The molecule has 4 rings (SSSR count). The highest BCUT2D eigenvalue weighted by molar-refractivity contribution is 9.11. The zero-order chi connectivity index (χ0) is 23.1. The number of fused-ring (bicyclic) bond motifs is 1. The summed E-state index contributed by atoms with van der Waals surface area (Å²) in [6, 6.07) is 20.5. The number of ether oxygens (including phenoxy) is 1. The van der Waals surface area contributed by atoms with Crippen LogP contribution in [0.25, 0.3) is 33.5 Å². The summed E-state index contributed by atoms with van der Waals surface area (Å²) in [7, 11) is 0. The fourth-order valence-electron chi connectivity index (χ4n) is 3.23. The Balaban J connectivity index is 0.00000141. The van der Waals surface area contributed by atoms with Gasteiger partial charge in [-0.2, -0.15) is 0 Å². The molecule has 0 saturated carbocycles. The molecule has 0 atom stereocenters. The minimum absolute atomic E-state index is 0.737. The molecule has 0 N–H and O–H groups in total. The number of aromatic nitrogens is 2. The van der Waals surface area contributed by atoms with Gasteiger partial charge in [-0.05, 0) is 81.6 Å². The van der Waals surface area contributed by atoms with E-state index in [1.54, 1.807) is 0 Å². The first kappa shape index (κ1) is 24.4. The molecule has 0 unspecified atom stereocenters. The van der Waals surface area contributed by atoms with Crippen LogP contribution < -0.4 is 4.74 Å². The third kappa shape index (κ3) is 5.57. The third-order valence-electron chi connectivity index (χ3n) is 4.94. The molecule has 0 spiro atoms. The summed E-state index contributed by atoms with van der Waals surface area (Å²) in [4.78, 5) is 10.1. The zero-order valence-electron chi connectivity index (χ0n) is 19.0. The lowest BCUT2D eigenvalue weighted by atomic mass is 10.0. The maximum atomic E-state index is 5.82. The van der Waals surface area contributed by atoms with E-state index in [2.05, 4.69) is 82.1 Å². The fourth-order valence-corrected chi connectivity index (χ4v) is 4.05. The zero-order valence-corrected chi connectivity index (χ0v) is 22.1. The maximum Gasteiger partial charge on any atom is 0.119 e. The maximum absolute atomic E-state index is 5.82. The fraction of sp³-hybridized carbons (Fsp3) is 0.259. The number of unbranched alkanes of at least 4 members (excludes halogenated alkanes) is 1. The van der Waals surface area contributed by atoms with Crippen LogP contribution in [0.15, 0.2) is 69.6 Å². The Hall–Kier alpha value is -2.24. The van der Waals surface area contributed by atoms with Gasteiger partial charge in [0.1, 0.15) is 16.8 Å². The Morgan fingerprint density at radius 1 is 0.719 bits per heavy atom. The SMILES string of the molecule is CC.CCCCOc1ccc(-c2nc3c(Br)ccc(Br)c3nc2-c2ccc(C)cc2)cc1. The average molecular weight is 556 g/mol. The molecular weight excluding hydrogens is 528 g/mol. The molecule has 0 aliphatic carbocycles. The summed E-state index contributed by atoms with van der Waals surface area (Å²) in [5, 5.41) is 0. The van der Waals surface area contributed by atoms with Gasteiger partial charge in [-0.3, -0.25) is 0 Å². The van der Waals surface area contributed by atoms with Gasteiger partial charge in [0.05, 0.1) is 18.0 Å². The summed E-state index contributed by atoms with van der Waals surface area (Å²) < 4.78 is 7.67. The largest absolute Gasteiger partial charge is 0.494 e. The van der Waals surface area contributed by atoms with Gasteiger partial charge in [0.2, 0.25) is 0 Å². The Labute approximate surface area is 207 Å². The van der Waals surface area contributed by atoms with Gasteiger partial charge in [0.15, 0.2) is 0 Å². The number of nitrogens with zero attached hydrogens (tertiary/aromatic N) is 2. The molecule has 0 bridgehead atoms. The van der Waals surface area contributed by atoms with E-state index in [0.717, 1.165) is 67.7 Å². The first-order valence-corrected chi connectivity index (χ1v) is 12.6. The highest BCUT2D eigenvalue weighted by atomic mass is 79.9. The number of hydrogen-bond acceptors (Lipinski definition) is 3. The van der Waals surface area contributed by atoms with Gasteiger partial charge < -0.3 is 4.74 Å². The van der Waals surface area contributed by atoms with E-state index in [9.17, 15) is 0 Å². The van der Waals surface area contributed by atoms with Gasteiger partial charge in [-0.1, -0.05) is 57.0 Å². The van der Waals surface area contributed by atoms with Crippen molar-refractivity contribution >= 4 is 42.9 Å². The number of halogens is 2. The second-order valence-corrected chi connectivity index (χ2v) is 8.95. The number of benzene rings is 3. The van der Waals surface area contributed by atoms with Gasteiger partial charge in [-0.25, -0.2) is 9.97 Å². The van der Waals surface area contributed by atoms with E-state index in [4.69, 9.17) is 14.7 Å². The van der Waals surface area contributed by atoms with E-state index in [-0.39, 0.29) is 0 Å². The Kier molecular flexibility index (Phi) is 8.83. The van der Waals surface area contributed by atoms with Crippen LogP contribution in [0.4, 0.5) is 0 Å². The lowest BCUT2D eigenvalue weighted by molar-refractivity contribution is 0.309. The molecule has 0 saturated heterocycles. The van der Waals surface area contributed by atoms with Crippen LogP contribution in [0.3, 0.4) is 0 Å². The molecule has 0 aliphatic rings. The van der Waals surface area contributed by atoms with Crippen molar-refractivity contribution in [2.45, 2.75) is 40.5 Å². The van der Waals surface area contributed by atoms with Gasteiger partial charge >= 0.3 is 0 Å². The molecule has 3 nitrogen and oxygen atoms in total. The van der Waals surface area contributed by atoms with Gasteiger partial charge in [-0.15, -0.1) is 0 Å². The second kappa shape index (κ2) is 11.6. The standard InChI is InChI=1S/C25H22Br2N2O.C2H6/c1-3-4-15-30-19-11-9-18(10-12-19)23-22(17-7-5-16(2)6-8-17)28-24-20(26)13-14-21(27)25(24)29-23;1-2/h5-14H,3-4,15H2,1-2H3;1-2H3. The Morgan fingerprint density at radius 2 is 1.19 bits per heavy atom. The van der Waals surface area contributed by atoms with E-state index < -0.39 is 0 Å². The summed E-state index contributed by atoms with van der Waals surface area (Å²) in [6.45, 7) is 8.98. The van der Waals surface area contributed by atoms with E-state index >= 15 is 0 Å². The van der Waals surface area contributed by atoms with Crippen LogP contribution in [-0.4, -0.2) is 16.6 Å². The molecule has 1 aromatic heterocycles. The molecule has 1 heterocycles. The molecule has 0 amide bonds. The topological polar surface area (TPSA) is 35.0 Å². The van der Waals surface area contributed by atoms with Crippen LogP contribution in [0, 0.1) is 6.92 Å². The molecule has 5 heteroatoms. The summed E-state index contributed by atoms with van der Waals surface area (Å²) in [5.74, 6) is 0.877. The van der Waals surface area contributed by atoms with Crippen molar-refractivity contribution in [1.29, 1.82) is 0 Å². The van der Waals surface area contributed by atoms with Crippen molar-refractivity contribution in [3.05, 3.63) is 75.2 Å². The van der Waals surface area contributed by atoms with E-state index in [0.29, 0.717) is 0 Å². The van der Waals surface area contributed by atoms with Crippen molar-refractivity contribution in [3.63, 3.8) is 0 Å². The minimum atomic E-state index is 0.737. The summed E-state index contributed by atoms with van der Waals surface area (Å²) >= 11 is 7.26. The molecule has 0 aliphatic heterocycles. The third-order valence-corrected chi connectivity index (χ3v) is 6.22. The lowest BCUT2D eigenvalue weighted by Gasteiger charge is -2.13. The quantitative estimate of drug-likeness (QED) is 0.223. The van der Waals surface area contributed by atoms with E-state index in [1.165, 1.54) is 5.56 Å². The van der Waals surface area contributed by atoms with E-state index in [1.807, 2.05) is 38.1 Å². The van der Waals surface area contributed by atoms with Gasteiger partial charge in [0.25, 0.3) is 0 Å². The summed E-state index contributed by atoms with van der Waals surface area (Å²) in [5.41, 5.74) is 6.65. The first-order valence-electron chi connectivity index (χ1n) is 11.0. The first-order chi connectivity index (χ1) is 15.6. The molecule has 166 valence electrons. The molecular formula is C27H28Br2N2O. The van der Waals surface area contributed by atoms with Crippen molar-refractivity contribution in [2.24, 2.45) is 0 Å². The summed E-state index contributed by atoms with van der Waals surface area (Å²) in [6.07, 6.45) is 2.17. The average Bonchev–Trinajstić information content (AvgIpc) is 2.83. The smallest absolute Gasteiger partial charge is 0.119 e. The monoisotopic (exact) mass is 554 g/mol. The van der Waals surface area contributed by atoms with Crippen molar-refractivity contribution < 1.29 is 4.74 Å². The Bertz CT molecular complexity index is 1170. The second-order valence-electron chi connectivity index (χ2n) is 7.24. The molecule has 4 aromatic rings. The van der Waals surface area contributed by atoms with Crippen molar-refractivity contribution in [1.82, 2.24) is 9.97 Å². The van der Waals surface area contributed by atoms with Crippen LogP contribution in [-0.2, 0) is 0 Å². The number of hydrogen-bond donors (Lipinski definition) is 0. The number of rotatable bonds is 6. The normalized spacial score (nSPS) is 10.6. The van der Waals surface area contributed by atoms with Crippen LogP contribution in [0.1, 0.15) is 39.2 Å². The molecule has 32 heavy (non-hydrogen) atoms. The van der Waals surface area contributed by atoms with Crippen molar-refractivity contribution in [2.75, 3.05) is 6.61 Å². The number of aryl methyl sites for hydroxylation is 1. The highest BCUT2D eigenvalue weighted by Gasteiger charge is 2.16. The lowest BCUT2D eigenvalue weighted by Crippen LogP contribution is -1.98. The molecule has 0 radical (unpaired) electrons. The molecule has 3 aromatic carbocycles. The minimum Gasteiger partial charge on any atom is -0.494 e. The predicted molar refractivity (Wildman–Crippen MR) is 142 cm³/mol. The van der Waals surface area contributed by atoms with Crippen LogP contribution in [0.5, 0.6) is 5.75 Å². The highest BCUT2D eigenvalue weighted by Crippen LogP contribution is 2.36. The molecule has 0 fully saturated rings. The van der Waals surface area contributed by atoms with Gasteiger partial charge in [0, 0.05) is 20.1 Å². The van der Waals surface area contributed by atoms with Crippen molar-refractivity contribution in [3.8, 4) is 28.3 Å². The Morgan fingerprint density at radius 3 is 1.66 bits per heavy atom. The van der Waals surface area contributed by atoms with Crippen LogP contribution in [0.2, 0.25) is 0 Å².